The smallest absolute Gasteiger partial charge is 0.223 e. The Kier molecular flexibility index (Phi) is 5.75. The molecular weight excluding hydrogens is 469 g/mol. The fourth-order valence-corrected chi connectivity index (χ4v) is 5.00. The number of aromatic amines is 1. The van der Waals surface area contributed by atoms with E-state index in [4.69, 9.17) is 0 Å². The number of halogens is 1. The first-order valence-corrected chi connectivity index (χ1v) is 12.3. The summed E-state index contributed by atoms with van der Waals surface area (Å²) in [4.78, 5) is 18.6. The lowest BCUT2D eigenvalue weighted by Gasteiger charge is -2.33. The largest absolute Gasteiger partial charge is 0.336 e. The van der Waals surface area contributed by atoms with E-state index >= 15 is 0 Å². The molecule has 0 aliphatic carbocycles. The molecule has 1 N–H and O–H groups in total. The molecule has 8 nitrogen and oxygen atoms in total. The number of fused-ring (bicyclic) bond motifs is 1. The number of rotatable bonds is 5. The van der Waals surface area contributed by atoms with E-state index in [0.717, 1.165) is 44.7 Å². The van der Waals surface area contributed by atoms with Crippen molar-refractivity contribution < 1.29 is 9.18 Å². The number of piperidine rings is 1. The van der Waals surface area contributed by atoms with Crippen molar-refractivity contribution in [3.8, 4) is 22.5 Å². The number of nitrogens with one attached hydrogen (secondary N) is 1. The van der Waals surface area contributed by atoms with Crippen LogP contribution in [-0.4, -0.2) is 47.5 Å². The van der Waals surface area contributed by atoms with Gasteiger partial charge < -0.3 is 4.90 Å². The number of likely N-dealkylation sites (tertiary alicyclic amines) is 1. The van der Waals surface area contributed by atoms with Gasteiger partial charge in [-0.25, -0.2) is 9.07 Å². The van der Waals surface area contributed by atoms with E-state index in [2.05, 4.69) is 31.6 Å². The molecule has 1 aliphatic rings. The average molecular weight is 496 g/mol. The number of hydrogen-bond donors (Lipinski definition) is 1. The van der Waals surface area contributed by atoms with E-state index < -0.39 is 0 Å². The summed E-state index contributed by atoms with van der Waals surface area (Å²) in [7, 11) is 0. The molecule has 0 bridgehead atoms. The summed E-state index contributed by atoms with van der Waals surface area (Å²) in [6.07, 6.45) is 4.76. The molecule has 37 heavy (non-hydrogen) atoms. The monoisotopic (exact) mass is 495 g/mol. The molecule has 5 aromatic rings. The molecule has 3 aromatic heterocycles. The third-order valence-electron chi connectivity index (χ3n) is 7.09. The SMILES string of the molecule is Cc1cc(-c2n[nH]c3ccc(-c4cn([C@@H]5CCC(=O)N(Cc6c(C)cccc6F)C5)nn4)cc23)ccn1. The van der Waals surface area contributed by atoms with Crippen LogP contribution in [0.15, 0.2) is 60.9 Å². The zero-order chi connectivity index (χ0) is 25.5. The van der Waals surface area contributed by atoms with Crippen LogP contribution in [0.3, 0.4) is 0 Å². The normalized spacial score (nSPS) is 16.0. The Bertz CT molecular complexity index is 1600. The zero-order valence-electron chi connectivity index (χ0n) is 20.6. The van der Waals surface area contributed by atoms with E-state index in [1.807, 2.05) is 55.1 Å². The molecule has 6 rings (SSSR count). The second-order valence-electron chi connectivity index (χ2n) is 9.60. The van der Waals surface area contributed by atoms with Crippen LogP contribution in [0.1, 0.15) is 35.7 Å². The predicted molar refractivity (Wildman–Crippen MR) is 138 cm³/mol. The number of nitrogens with zero attached hydrogens (tertiary/aromatic N) is 6. The summed E-state index contributed by atoms with van der Waals surface area (Å²) in [5.74, 6) is -0.252. The average Bonchev–Trinajstić information content (AvgIpc) is 3.55. The van der Waals surface area contributed by atoms with Crippen LogP contribution in [0.25, 0.3) is 33.4 Å². The van der Waals surface area contributed by atoms with E-state index in [9.17, 15) is 9.18 Å². The van der Waals surface area contributed by atoms with Crippen LogP contribution in [0.5, 0.6) is 0 Å². The number of aromatic nitrogens is 6. The second kappa shape index (κ2) is 9.24. The number of hydrogen-bond acceptors (Lipinski definition) is 5. The van der Waals surface area contributed by atoms with Gasteiger partial charge in [0.1, 0.15) is 17.2 Å². The molecule has 0 unspecified atom stereocenters. The van der Waals surface area contributed by atoms with Gasteiger partial charge in [-0.05, 0) is 56.2 Å². The third kappa shape index (κ3) is 4.37. The highest BCUT2D eigenvalue weighted by Gasteiger charge is 2.28. The van der Waals surface area contributed by atoms with Crippen molar-refractivity contribution in [3.63, 3.8) is 0 Å². The lowest BCUT2D eigenvalue weighted by molar-refractivity contribution is -0.135. The first-order chi connectivity index (χ1) is 18.0. The molecule has 1 atom stereocenters. The number of benzene rings is 2. The van der Waals surface area contributed by atoms with Crippen LogP contribution < -0.4 is 0 Å². The van der Waals surface area contributed by atoms with Gasteiger partial charge in [0.2, 0.25) is 5.91 Å². The van der Waals surface area contributed by atoms with Gasteiger partial charge in [-0.1, -0.05) is 23.4 Å². The summed E-state index contributed by atoms with van der Waals surface area (Å²) in [6, 6.07) is 15.0. The topological polar surface area (TPSA) is 92.6 Å². The maximum absolute atomic E-state index is 14.4. The summed E-state index contributed by atoms with van der Waals surface area (Å²) in [5, 5.41) is 17.5. The molecule has 0 spiro atoms. The molecule has 1 saturated heterocycles. The lowest BCUT2D eigenvalue weighted by Crippen LogP contribution is -2.40. The van der Waals surface area contributed by atoms with Crippen LogP contribution in [0, 0.1) is 19.7 Å². The quantitative estimate of drug-likeness (QED) is 0.370. The van der Waals surface area contributed by atoms with Gasteiger partial charge in [0, 0.05) is 53.5 Å². The Hall–Kier alpha value is -4.40. The Labute approximate surface area is 213 Å². The van der Waals surface area contributed by atoms with Crippen LogP contribution in [0.4, 0.5) is 4.39 Å². The summed E-state index contributed by atoms with van der Waals surface area (Å²) in [6.45, 7) is 4.54. The van der Waals surface area contributed by atoms with Crippen LogP contribution >= 0.6 is 0 Å². The van der Waals surface area contributed by atoms with Crippen molar-refractivity contribution in [1.29, 1.82) is 0 Å². The number of carbonyl (C=O) groups excluding carboxylic acids is 1. The highest BCUT2D eigenvalue weighted by molar-refractivity contribution is 5.95. The van der Waals surface area contributed by atoms with E-state index in [-0.39, 0.29) is 24.3 Å². The maximum Gasteiger partial charge on any atom is 0.223 e. The minimum Gasteiger partial charge on any atom is -0.336 e. The standard InChI is InChI=1S/C28H26FN7O/c1-17-4-3-5-24(29)23(17)15-35-14-21(7-9-27(35)37)36-16-26(32-34-36)19-6-8-25-22(13-19)28(33-31-25)20-10-11-30-18(2)12-20/h3-6,8,10-13,16,21H,7,9,14-15H2,1-2H3,(H,31,33)/t21-/m1/s1. The molecule has 4 heterocycles. The first kappa shape index (κ1) is 23.0. The van der Waals surface area contributed by atoms with Crippen LogP contribution in [0.2, 0.25) is 0 Å². The Morgan fingerprint density at radius 1 is 1.11 bits per heavy atom. The lowest BCUT2D eigenvalue weighted by atomic mass is 10.0. The van der Waals surface area contributed by atoms with E-state index in [1.165, 1.54) is 6.07 Å². The van der Waals surface area contributed by atoms with Crippen LogP contribution in [-0.2, 0) is 11.3 Å². The number of H-pyrrole nitrogens is 1. The number of amides is 1. The van der Waals surface area contributed by atoms with Gasteiger partial charge >= 0.3 is 0 Å². The van der Waals surface area contributed by atoms with Gasteiger partial charge in [0.25, 0.3) is 0 Å². The molecule has 0 saturated carbocycles. The minimum absolute atomic E-state index is 0.0287. The molecule has 0 radical (unpaired) electrons. The summed E-state index contributed by atoms with van der Waals surface area (Å²) < 4.78 is 16.2. The third-order valence-corrected chi connectivity index (χ3v) is 7.09. The summed E-state index contributed by atoms with van der Waals surface area (Å²) in [5.41, 5.74) is 6.80. The Morgan fingerprint density at radius 2 is 2.00 bits per heavy atom. The maximum atomic E-state index is 14.4. The van der Waals surface area contributed by atoms with Crippen molar-refractivity contribution >= 4 is 16.8 Å². The molecule has 9 heteroatoms. The molecule has 186 valence electrons. The molecule has 1 aliphatic heterocycles. The van der Waals surface area contributed by atoms with Crippen molar-refractivity contribution in [2.24, 2.45) is 0 Å². The molecule has 2 aromatic carbocycles. The first-order valence-electron chi connectivity index (χ1n) is 12.3. The highest BCUT2D eigenvalue weighted by atomic mass is 19.1. The van der Waals surface area contributed by atoms with Crippen molar-refractivity contribution in [2.75, 3.05) is 6.54 Å². The zero-order valence-corrected chi connectivity index (χ0v) is 20.6. The number of pyridine rings is 1. The molecular formula is C28H26FN7O. The predicted octanol–water partition coefficient (Wildman–Crippen LogP) is 5.00. The Morgan fingerprint density at radius 3 is 2.84 bits per heavy atom. The van der Waals surface area contributed by atoms with Gasteiger partial charge in [0.15, 0.2) is 0 Å². The van der Waals surface area contributed by atoms with E-state index in [1.54, 1.807) is 17.2 Å². The number of aryl methyl sites for hydroxylation is 2. The number of carbonyl (C=O) groups is 1. The minimum atomic E-state index is -0.283. The van der Waals surface area contributed by atoms with Crippen molar-refractivity contribution in [1.82, 2.24) is 35.1 Å². The van der Waals surface area contributed by atoms with Gasteiger partial charge in [0.05, 0.1) is 17.8 Å². The highest BCUT2D eigenvalue weighted by Crippen LogP contribution is 2.31. The van der Waals surface area contributed by atoms with Gasteiger partial charge in [-0.15, -0.1) is 5.10 Å². The van der Waals surface area contributed by atoms with Gasteiger partial charge in [-0.2, -0.15) is 5.10 Å². The molecule has 1 amide bonds. The van der Waals surface area contributed by atoms with Gasteiger partial charge in [-0.3, -0.25) is 14.9 Å². The fourth-order valence-electron chi connectivity index (χ4n) is 5.00. The summed E-state index contributed by atoms with van der Waals surface area (Å²) >= 11 is 0. The fraction of sp³-hybridized carbons (Fsp3) is 0.250. The van der Waals surface area contributed by atoms with Crippen molar-refractivity contribution in [2.45, 2.75) is 39.3 Å². The second-order valence-corrected chi connectivity index (χ2v) is 9.60. The van der Waals surface area contributed by atoms with E-state index in [0.29, 0.717) is 24.9 Å². The van der Waals surface area contributed by atoms with Crippen molar-refractivity contribution in [3.05, 3.63) is 83.6 Å². The molecule has 1 fully saturated rings. The Balaban J connectivity index is 1.26.